The number of hydrogen-bond acceptors (Lipinski definition) is 3. The minimum absolute atomic E-state index is 0.300. The molecule has 98 valence electrons. The minimum Gasteiger partial charge on any atom is -0.444 e. The number of ether oxygens (including phenoxy) is 1. The Morgan fingerprint density at radius 3 is 2.29 bits per heavy atom. The summed E-state index contributed by atoms with van der Waals surface area (Å²) >= 11 is 0. The Balaban J connectivity index is 3.60. The molecule has 4 nitrogen and oxygen atoms in total. The number of carbonyl (C=O) groups excluding carboxylic acids is 1. The molecule has 0 aromatic carbocycles. The van der Waals surface area contributed by atoms with Crippen molar-refractivity contribution in [3.63, 3.8) is 0 Å². The van der Waals surface area contributed by atoms with Crippen LogP contribution in [-0.2, 0) is 4.74 Å². The molecule has 0 rings (SSSR count). The van der Waals surface area contributed by atoms with E-state index in [0.717, 1.165) is 13.0 Å². The first-order valence-corrected chi connectivity index (χ1v) is 5.86. The zero-order valence-electron chi connectivity index (χ0n) is 11.5. The Bertz CT molecular complexity index is 285. The second-order valence-corrected chi connectivity index (χ2v) is 5.48. The molecule has 17 heavy (non-hydrogen) atoms. The first-order chi connectivity index (χ1) is 7.66. The lowest BCUT2D eigenvalue weighted by molar-refractivity contribution is 0.0527. The summed E-state index contributed by atoms with van der Waals surface area (Å²) in [6.45, 7) is 10.7. The third-order valence-electron chi connectivity index (χ3n) is 1.95. The second-order valence-electron chi connectivity index (χ2n) is 5.48. The molecule has 0 saturated carbocycles. The van der Waals surface area contributed by atoms with Crippen molar-refractivity contribution in [2.45, 2.75) is 52.2 Å². The van der Waals surface area contributed by atoms with Gasteiger partial charge < -0.3 is 15.4 Å². The molecule has 0 spiro atoms. The van der Waals surface area contributed by atoms with Crippen molar-refractivity contribution in [1.29, 1.82) is 0 Å². The summed E-state index contributed by atoms with van der Waals surface area (Å²) in [5.41, 5.74) is -0.750. The maximum atomic E-state index is 11.3. The van der Waals surface area contributed by atoms with E-state index in [-0.39, 0.29) is 11.6 Å². The summed E-state index contributed by atoms with van der Waals surface area (Å²) in [5.74, 6) is 2.65. The summed E-state index contributed by atoms with van der Waals surface area (Å²) in [6.07, 6.45) is 5.77. The van der Waals surface area contributed by atoms with Gasteiger partial charge in [-0.15, -0.1) is 6.42 Å². The van der Waals surface area contributed by atoms with Gasteiger partial charge in [-0.1, -0.05) is 5.92 Å². The quantitative estimate of drug-likeness (QED) is 0.570. The molecule has 0 heterocycles. The van der Waals surface area contributed by atoms with E-state index in [1.807, 2.05) is 34.6 Å². The molecule has 1 amide bonds. The minimum atomic E-state index is -0.451. The molecule has 0 aromatic rings. The summed E-state index contributed by atoms with van der Waals surface area (Å²) in [6, 6.07) is 0. The van der Waals surface area contributed by atoms with Gasteiger partial charge in [0.05, 0.1) is 5.54 Å². The zero-order chi connectivity index (χ0) is 13.5. The lowest BCUT2D eigenvalue weighted by Gasteiger charge is -2.21. The molecule has 0 fully saturated rings. The van der Waals surface area contributed by atoms with E-state index in [0.29, 0.717) is 6.54 Å². The van der Waals surface area contributed by atoms with Gasteiger partial charge in [-0.3, -0.25) is 0 Å². The maximum absolute atomic E-state index is 11.3. The van der Waals surface area contributed by atoms with Gasteiger partial charge in [0.15, 0.2) is 0 Å². The molecular formula is C13H24N2O2. The van der Waals surface area contributed by atoms with Crippen molar-refractivity contribution in [1.82, 2.24) is 10.6 Å². The van der Waals surface area contributed by atoms with E-state index in [1.165, 1.54) is 0 Å². The normalized spacial score (nSPS) is 11.8. The van der Waals surface area contributed by atoms with Crippen molar-refractivity contribution in [2.75, 3.05) is 13.1 Å². The number of carbonyl (C=O) groups is 1. The van der Waals surface area contributed by atoms with Crippen LogP contribution in [0.5, 0.6) is 0 Å². The van der Waals surface area contributed by atoms with Crippen LogP contribution in [0.15, 0.2) is 0 Å². The molecule has 0 bridgehead atoms. The number of terminal acetylenes is 1. The van der Waals surface area contributed by atoms with E-state index in [2.05, 4.69) is 16.6 Å². The smallest absolute Gasteiger partial charge is 0.407 e. The van der Waals surface area contributed by atoms with Crippen LogP contribution >= 0.6 is 0 Å². The summed E-state index contributed by atoms with van der Waals surface area (Å²) in [5, 5.41) is 5.89. The highest BCUT2D eigenvalue weighted by atomic mass is 16.6. The lowest BCUT2D eigenvalue weighted by Crippen LogP contribution is -2.39. The standard InChI is InChI=1S/C13H24N2O2/c1-7-13(5,6)15-10-8-9-14-11(16)17-12(2,3)4/h1,15H,8-10H2,2-6H3,(H,14,16). The van der Waals surface area contributed by atoms with Crippen molar-refractivity contribution < 1.29 is 9.53 Å². The SMILES string of the molecule is C#CC(C)(C)NCCCNC(=O)OC(C)(C)C. The molecule has 4 heteroatoms. The average molecular weight is 240 g/mol. The van der Waals surface area contributed by atoms with Gasteiger partial charge in [0, 0.05) is 6.54 Å². The van der Waals surface area contributed by atoms with Crippen LogP contribution in [0.2, 0.25) is 0 Å². The lowest BCUT2D eigenvalue weighted by atomic mass is 10.1. The Labute approximate surface area is 104 Å². The van der Waals surface area contributed by atoms with Gasteiger partial charge in [-0.25, -0.2) is 4.79 Å². The van der Waals surface area contributed by atoms with Gasteiger partial charge in [-0.2, -0.15) is 0 Å². The summed E-state index contributed by atoms with van der Waals surface area (Å²) in [4.78, 5) is 11.3. The summed E-state index contributed by atoms with van der Waals surface area (Å²) in [7, 11) is 0. The van der Waals surface area contributed by atoms with E-state index in [9.17, 15) is 4.79 Å². The Kier molecular flexibility index (Phi) is 6.04. The molecule has 0 aromatic heterocycles. The number of hydrogen-bond donors (Lipinski definition) is 2. The van der Waals surface area contributed by atoms with E-state index in [4.69, 9.17) is 11.2 Å². The van der Waals surface area contributed by atoms with E-state index >= 15 is 0 Å². The molecule has 0 radical (unpaired) electrons. The van der Waals surface area contributed by atoms with Gasteiger partial charge in [0.2, 0.25) is 0 Å². The Hall–Kier alpha value is -1.21. The fourth-order valence-corrected chi connectivity index (χ4v) is 1.04. The third kappa shape index (κ3) is 9.70. The third-order valence-corrected chi connectivity index (χ3v) is 1.95. The predicted octanol–water partition coefficient (Wildman–Crippen LogP) is 1.90. The zero-order valence-corrected chi connectivity index (χ0v) is 11.5. The number of nitrogens with one attached hydrogen (secondary N) is 2. The molecule has 2 N–H and O–H groups in total. The van der Waals surface area contributed by atoms with Crippen LogP contribution in [0.25, 0.3) is 0 Å². The monoisotopic (exact) mass is 240 g/mol. The van der Waals surface area contributed by atoms with Crippen LogP contribution in [-0.4, -0.2) is 30.3 Å². The molecule has 0 aliphatic carbocycles. The number of amides is 1. The van der Waals surface area contributed by atoms with Gasteiger partial charge >= 0.3 is 6.09 Å². The van der Waals surface area contributed by atoms with E-state index in [1.54, 1.807) is 0 Å². The molecule has 0 atom stereocenters. The van der Waals surface area contributed by atoms with Crippen molar-refractivity contribution in [3.05, 3.63) is 0 Å². The second kappa shape index (κ2) is 6.51. The first kappa shape index (κ1) is 15.8. The Morgan fingerprint density at radius 2 is 1.82 bits per heavy atom. The highest BCUT2D eigenvalue weighted by Gasteiger charge is 2.15. The predicted molar refractivity (Wildman–Crippen MR) is 69.8 cm³/mol. The highest BCUT2D eigenvalue weighted by molar-refractivity contribution is 5.67. The van der Waals surface area contributed by atoms with Crippen molar-refractivity contribution in [2.24, 2.45) is 0 Å². The van der Waals surface area contributed by atoms with Crippen LogP contribution in [0.3, 0.4) is 0 Å². The van der Waals surface area contributed by atoms with Crippen LogP contribution < -0.4 is 10.6 Å². The summed E-state index contributed by atoms with van der Waals surface area (Å²) < 4.78 is 5.10. The molecule has 0 aliphatic heterocycles. The van der Waals surface area contributed by atoms with Gasteiger partial charge in [0.25, 0.3) is 0 Å². The maximum Gasteiger partial charge on any atom is 0.407 e. The van der Waals surface area contributed by atoms with Crippen molar-refractivity contribution >= 4 is 6.09 Å². The number of rotatable bonds is 5. The van der Waals surface area contributed by atoms with Gasteiger partial charge in [-0.05, 0) is 47.6 Å². The average Bonchev–Trinajstić information content (AvgIpc) is 2.14. The van der Waals surface area contributed by atoms with Gasteiger partial charge in [0.1, 0.15) is 5.60 Å². The fraction of sp³-hybridized carbons (Fsp3) is 0.769. The van der Waals surface area contributed by atoms with Crippen LogP contribution in [0, 0.1) is 12.3 Å². The molecule has 0 saturated heterocycles. The molecular weight excluding hydrogens is 216 g/mol. The number of alkyl carbamates (subject to hydrolysis) is 1. The van der Waals surface area contributed by atoms with Crippen molar-refractivity contribution in [3.8, 4) is 12.3 Å². The van der Waals surface area contributed by atoms with Crippen LogP contribution in [0.4, 0.5) is 4.79 Å². The van der Waals surface area contributed by atoms with Crippen LogP contribution in [0.1, 0.15) is 41.0 Å². The Morgan fingerprint density at radius 1 is 1.24 bits per heavy atom. The topological polar surface area (TPSA) is 50.4 Å². The fourth-order valence-electron chi connectivity index (χ4n) is 1.04. The largest absolute Gasteiger partial charge is 0.444 e. The molecule has 0 aliphatic rings. The first-order valence-electron chi connectivity index (χ1n) is 5.86. The molecule has 0 unspecified atom stereocenters. The van der Waals surface area contributed by atoms with E-state index < -0.39 is 5.60 Å². The highest BCUT2D eigenvalue weighted by Crippen LogP contribution is 2.06.